The molecule has 11 heteroatoms. The van der Waals surface area contributed by atoms with Crippen LogP contribution in [0.3, 0.4) is 0 Å². The fourth-order valence-corrected chi connectivity index (χ4v) is 3.77. The Balaban J connectivity index is 2.90. The largest absolute Gasteiger partial charge is 0.480 e. The monoisotopic (exact) mass is 446 g/mol. The molecule has 1 heterocycles. The lowest BCUT2D eigenvalue weighted by Crippen LogP contribution is -2.57. The number of likely N-dealkylation sites (tertiary alicyclic amines) is 1. The van der Waals surface area contributed by atoms with Crippen LogP contribution in [0.25, 0.3) is 0 Å². The van der Waals surface area contributed by atoms with Gasteiger partial charge in [0.1, 0.15) is 24.2 Å². The highest BCUT2D eigenvalue weighted by Gasteiger charge is 2.38. The summed E-state index contributed by atoms with van der Waals surface area (Å²) in [6.07, 6.45) is 3.80. The second-order valence-corrected chi connectivity index (χ2v) is 8.52. The molecule has 3 amide bonds. The zero-order valence-electron chi connectivity index (χ0n) is 17.8. The SMILES string of the molecule is CCC(C)C(NC(=O)C(CCSC)NC(=O)C1CCCN1C(=O)C(N)CO)C(=O)O. The molecule has 1 fully saturated rings. The van der Waals surface area contributed by atoms with E-state index in [1.54, 1.807) is 6.92 Å². The minimum atomic E-state index is -1.13. The Labute approximate surface area is 181 Å². The molecule has 1 saturated heterocycles. The van der Waals surface area contributed by atoms with E-state index in [0.717, 1.165) is 0 Å². The first-order valence-corrected chi connectivity index (χ1v) is 11.6. The van der Waals surface area contributed by atoms with Crippen molar-refractivity contribution in [1.29, 1.82) is 0 Å². The Morgan fingerprint density at radius 1 is 1.27 bits per heavy atom. The Hall–Kier alpha value is -1.85. The molecular weight excluding hydrogens is 412 g/mol. The number of nitrogens with zero attached hydrogens (tertiary/aromatic N) is 1. The summed E-state index contributed by atoms with van der Waals surface area (Å²) >= 11 is 1.50. The maximum atomic E-state index is 12.8. The Morgan fingerprint density at radius 3 is 2.47 bits per heavy atom. The van der Waals surface area contributed by atoms with Gasteiger partial charge in [0.25, 0.3) is 0 Å². The second kappa shape index (κ2) is 12.8. The number of aliphatic hydroxyl groups excluding tert-OH is 1. The number of aliphatic hydroxyl groups is 1. The molecule has 1 aliphatic heterocycles. The van der Waals surface area contributed by atoms with Crippen molar-refractivity contribution in [1.82, 2.24) is 15.5 Å². The lowest BCUT2D eigenvalue weighted by atomic mass is 9.98. The molecule has 0 aromatic heterocycles. The summed E-state index contributed by atoms with van der Waals surface area (Å²) in [4.78, 5) is 50.8. The fourth-order valence-electron chi connectivity index (χ4n) is 3.30. The van der Waals surface area contributed by atoms with E-state index in [2.05, 4.69) is 10.6 Å². The van der Waals surface area contributed by atoms with E-state index >= 15 is 0 Å². The molecule has 0 spiro atoms. The molecule has 0 aromatic carbocycles. The number of hydrogen-bond donors (Lipinski definition) is 5. The number of thioether (sulfide) groups is 1. The van der Waals surface area contributed by atoms with Crippen LogP contribution < -0.4 is 16.4 Å². The minimum Gasteiger partial charge on any atom is -0.480 e. The summed E-state index contributed by atoms with van der Waals surface area (Å²) in [5.41, 5.74) is 5.60. The number of aliphatic carboxylic acids is 1. The van der Waals surface area contributed by atoms with Crippen LogP contribution in [-0.2, 0) is 19.2 Å². The van der Waals surface area contributed by atoms with Crippen molar-refractivity contribution in [3.8, 4) is 0 Å². The van der Waals surface area contributed by atoms with E-state index in [-0.39, 0.29) is 5.92 Å². The summed E-state index contributed by atoms with van der Waals surface area (Å²) in [6.45, 7) is 3.40. The topological polar surface area (TPSA) is 162 Å². The van der Waals surface area contributed by atoms with Gasteiger partial charge in [0.15, 0.2) is 0 Å². The number of amides is 3. The van der Waals surface area contributed by atoms with Gasteiger partial charge in [-0.15, -0.1) is 0 Å². The van der Waals surface area contributed by atoms with Gasteiger partial charge in [-0.2, -0.15) is 11.8 Å². The van der Waals surface area contributed by atoms with Crippen LogP contribution in [0.15, 0.2) is 0 Å². The number of hydrogen-bond acceptors (Lipinski definition) is 7. The molecule has 5 atom stereocenters. The second-order valence-electron chi connectivity index (χ2n) is 7.53. The maximum Gasteiger partial charge on any atom is 0.326 e. The van der Waals surface area contributed by atoms with Crippen molar-refractivity contribution in [2.75, 3.05) is 25.2 Å². The van der Waals surface area contributed by atoms with Gasteiger partial charge in [-0.05, 0) is 37.2 Å². The van der Waals surface area contributed by atoms with Gasteiger partial charge in [0.2, 0.25) is 17.7 Å². The van der Waals surface area contributed by atoms with Crippen molar-refractivity contribution in [2.45, 2.75) is 63.7 Å². The highest BCUT2D eigenvalue weighted by atomic mass is 32.2. The van der Waals surface area contributed by atoms with Crippen molar-refractivity contribution in [3.05, 3.63) is 0 Å². The lowest BCUT2D eigenvalue weighted by Gasteiger charge is -2.28. The summed E-state index contributed by atoms with van der Waals surface area (Å²) in [7, 11) is 0. The van der Waals surface area contributed by atoms with Crippen LogP contribution in [0.2, 0.25) is 0 Å². The smallest absolute Gasteiger partial charge is 0.326 e. The van der Waals surface area contributed by atoms with Gasteiger partial charge in [-0.25, -0.2) is 4.79 Å². The molecule has 6 N–H and O–H groups in total. The van der Waals surface area contributed by atoms with E-state index in [1.807, 2.05) is 13.2 Å². The van der Waals surface area contributed by atoms with E-state index in [9.17, 15) is 24.3 Å². The molecule has 0 saturated carbocycles. The van der Waals surface area contributed by atoms with Gasteiger partial charge >= 0.3 is 5.97 Å². The fraction of sp³-hybridized carbons (Fsp3) is 0.789. The Kier molecular flexibility index (Phi) is 11.1. The van der Waals surface area contributed by atoms with Crippen LogP contribution in [0, 0.1) is 5.92 Å². The third-order valence-corrected chi connectivity index (χ3v) is 6.02. The van der Waals surface area contributed by atoms with E-state index < -0.39 is 54.5 Å². The summed E-state index contributed by atoms with van der Waals surface area (Å²) in [6, 6.07) is -3.84. The summed E-state index contributed by atoms with van der Waals surface area (Å²) in [5, 5.41) is 23.8. The molecule has 30 heavy (non-hydrogen) atoms. The average Bonchev–Trinajstić information content (AvgIpc) is 3.22. The third-order valence-electron chi connectivity index (χ3n) is 5.37. The standard InChI is InChI=1S/C19H34N4O6S/c1-4-11(2)15(19(28)29)22-16(25)13(7-9-30-3)21-17(26)14-6-5-8-23(14)18(27)12(20)10-24/h11-15,24H,4-10,20H2,1-3H3,(H,21,26)(H,22,25)(H,28,29). The molecule has 172 valence electrons. The molecule has 1 rings (SSSR count). The number of rotatable bonds is 12. The van der Waals surface area contributed by atoms with Crippen LogP contribution in [0.4, 0.5) is 0 Å². The van der Waals surface area contributed by atoms with Gasteiger partial charge in [-0.3, -0.25) is 14.4 Å². The quantitative estimate of drug-likeness (QED) is 0.259. The highest BCUT2D eigenvalue weighted by molar-refractivity contribution is 7.98. The number of carbonyl (C=O) groups is 4. The number of carboxylic acids is 1. The van der Waals surface area contributed by atoms with Crippen molar-refractivity contribution in [3.63, 3.8) is 0 Å². The van der Waals surface area contributed by atoms with E-state index in [4.69, 9.17) is 10.8 Å². The van der Waals surface area contributed by atoms with Crippen LogP contribution in [-0.4, -0.2) is 88.1 Å². The third kappa shape index (κ3) is 7.13. The molecule has 0 aromatic rings. The van der Waals surface area contributed by atoms with Crippen LogP contribution in [0.5, 0.6) is 0 Å². The molecule has 0 bridgehead atoms. The summed E-state index contributed by atoms with van der Waals surface area (Å²) < 4.78 is 0. The van der Waals surface area contributed by atoms with Gasteiger partial charge in [0, 0.05) is 6.54 Å². The normalized spacial score (nSPS) is 20.2. The van der Waals surface area contributed by atoms with Crippen molar-refractivity contribution in [2.24, 2.45) is 11.7 Å². The van der Waals surface area contributed by atoms with Gasteiger partial charge in [-0.1, -0.05) is 20.3 Å². The lowest BCUT2D eigenvalue weighted by molar-refractivity contribution is -0.144. The molecule has 10 nitrogen and oxygen atoms in total. The first-order chi connectivity index (χ1) is 14.2. The molecule has 5 unspecified atom stereocenters. The van der Waals surface area contributed by atoms with Crippen LogP contribution >= 0.6 is 11.8 Å². The van der Waals surface area contributed by atoms with Crippen molar-refractivity contribution >= 4 is 35.5 Å². The average molecular weight is 447 g/mol. The van der Waals surface area contributed by atoms with Crippen LogP contribution in [0.1, 0.15) is 39.5 Å². The number of nitrogens with two attached hydrogens (primary N) is 1. The molecule has 0 aliphatic carbocycles. The molecule has 0 radical (unpaired) electrons. The number of carboxylic acid groups (broad SMARTS) is 1. The Bertz CT molecular complexity index is 620. The minimum absolute atomic E-state index is 0.272. The zero-order valence-corrected chi connectivity index (χ0v) is 18.6. The first-order valence-electron chi connectivity index (χ1n) is 10.2. The predicted octanol–water partition coefficient (Wildman–Crippen LogP) is -0.850. The van der Waals surface area contributed by atoms with E-state index in [1.165, 1.54) is 16.7 Å². The molecule has 1 aliphatic rings. The van der Waals surface area contributed by atoms with Crippen molar-refractivity contribution < 1.29 is 29.4 Å². The van der Waals surface area contributed by atoms with E-state index in [0.29, 0.717) is 38.0 Å². The highest BCUT2D eigenvalue weighted by Crippen LogP contribution is 2.19. The zero-order chi connectivity index (χ0) is 22.8. The molecular formula is C19H34N4O6S. The first kappa shape index (κ1) is 26.2. The van der Waals surface area contributed by atoms with Gasteiger partial charge < -0.3 is 31.5 Å². The summed E-state index contributed by atoms with van der Waals surface area (Å²) in [5.74, 6) is -2.37. The maximum absolute atomic E-state index is 12.8. The number of carbonyl (C=O) groups excluding carboxylic acids is 3. The number of nitrogens with one attached hydrogen (secondary N) is 2. The predicted molar refractivity (Wildman–Crippen MR) is 114 cm³/mol. The van der Waals surface area contributed by atoms with Gasteiger partial charge in [0.05, 0.1) is 6.61 Å². The Morgan fingerprint density at radius 2 is 1.93 bits per heavy atom.